The van der Waals surface area contributed by atoms with Crippen LogP contribution in [0.4, 0.5) is 0 Å². The van der Waals surface area contributed by atoms with E-state index in [0.29, 0.717) is 0 Å². The van der Waals surface area contributed by atoms with Crippen LogP contribution in [0.2, 0.25) is 0 Å². The molecule has 0 atom stereocenters. The molecule has 0 aliphatic heterocycles. The van der Waals surface area contributed by atoms with Crippen molar-refractivity contribution in [1.29, 1.82) is 0 Å². The average molecular weight is 318 g/mol. The SMILES string of the molecule is S=[SH](=S)SOB(Cl)I. The molecule has 0 saturated carbocycles. The van der Waals surface area contributed by atoms with Crippen LogP contribution < -0.4 is 0 Å². The van der Waals surface area contributed by atoms with E-state index >= 15 is 0 Å². The average Bonchev–Trinajstić information content (AvgIpc) is 1.61. The fourth-order valence-electron chi connectivity index (χ4n) is 0.0677. The Labute approximate surface area is 81.6 Å². The van der Waals surface area contributed by atoms with Crippen LogP contribution in [0.15, 0.2) is 0 Å². The fourth-order valence-corrected chi connectivity index (χ4v) is 2.37. The second kappa shape index (κ2) is 5.93. The molecule has 1 nitrogen and oxygen atoms in total. The molecular formula is HBClIOS4. The van der Waals surface area contributed by atoms with Crippen molar-refractivity contribution in [2.24, 2.45) is 0 Å². The minimum absolute atomic E-state index is 0.325. The summed E-state index contributed by atoms with van der Waals surface area (Å²) in [5.74, 6) is 0. The maximum absolute atomic E-state index is 5.38. The van der Waals surface area contributed by atoms with E-state index < -0.39 is 7.05 Å². The van der Waals surface area contributed by atoms with Crippen LogP contribution in [-0.4, -0.2) is 4.19 Å². The highest BCUT2D eigenvalue weighted by Gasteiger charge is 2.03. The molecule has 0 aliphatic carbocycles. The van der Waals surface area contributed by atoms with Gasteiger partial charge < -0.3 is 4.10 Å². The van der Waals surface area contributed by atoms with Gasteiger partial charge in [0, 0.05) is 0 Å². The highest BCUT2D eigenvalue weighted by atomic mass is 127. The Morgan fingerprint density at radius 3 is 2.38 bits per heavy atom. The summed E-state index contributed by atoms with van der Waals surface area (Å²) in [7, 11) is -0.861. The van der Waals surface area contributed by atoms with E-state index in [9.17, 15) is 0 Å². The minimum atomic E-state index is -0.861. The van der Waals surface area contributed by atoms with Crippen LogP contribution in [0.1, 0.15) is 0 Å². The second-order valence-electron chi connectivity index (χ2n) is 0.655. The number of hydrogen-bond acceptors (Lipinski definition) is 4. The molecule has 8 heteroatoms. The van der Waals surface area contributed by atoms with E-state index in [1.807, 2.05) is 22.4 Å². The fraction of sp³-hybridized carbons (Fsp3) is 0. The van der Waals surface area contributed by atoms with Crippen molar-refractivity contribution in [3.8, 4) is 0 Å². The summed E-state index contributed by atoms with van der Waals surface area (Å²) in [4.78, 5) is 0. The number of hydrogen-bond donors (Lipinski definition) is 1. The number of thiol groups is 1. The molecule has 0 bridgehead atoms. The quantitative estimate of drug-likeness (QED) is 0.277. The summed E-state index contributed by atoms with van der Waals surface area (Å²) in [5.41, 5.74) is 0. The lowest BCUT2D eigenvalue weighted by Crippen LogP contribution is -1.90. The zero-order chi connectivity index (χ0) is 6.57. The van der Waals surface area contributed by atoms with E-state index in [4.69, 9.17) is 15.6 Å². The van der Waals surface area contributed by atoms with Crippen molar-refractivity contribution in [3.05, 3.63) is 0 Å². The van der Waals surface area contributed by atoms with Crippen LogP contribution in [0, 0.1) is 0 Å². The van der Waals surface area contributed by atoms with Crippen LogP contribution >= 0.6 is 44.9 Å². The Hall–Kier alpha value is 2.18. The normalized spacial score (nSPS) is 9.88. The molecule has 0 aromatic rings. The third-order valence-corrected chi connectivity index (χ3v) is 3.09. The molecule has 8 heavy (non-hydrogen) atoms. The molecule has 0 aromatic heterocycles. The van der Waals surface area contributed by atoms with Gasteiger partial charge in [0.05, 0.1) is 11.1 Å². The smallest absolute Gasteiger partial charge is 0.336 e. The van der Waals surface area contributed by atoms with Gasteiger partial charge in [-0.1, -0.05) is 22.4 Å². The van der Waals surface area contributed by atoms with Crippen molar-refractivity contribution in [2.45, 2.75) is 0 Å². The summed E-state index contributed by atoms with van der Waals surface area (Å²) in [5, 5.41) is 0. The first-order valence-corrected chi connectivity index (χ1v) is 7.78. The molecule has 0 aromatic carbocycles. The number of rotatable bonds is 3. The zero-order valence-electron chi connectivity index (χ0n) is 3.41. The maximum atomic E-state index is 5.38. The largest absolute Gasteiger partial charge is 0.484 e. The van der Waals surface area contributed by atoms with Gasteiger partial charge in [0.2, 0.25) is 0 Å². The summed E-state index contributed by atoms with van der Waals surface area (Å²) < 4.78 is 4.47. The monoisotopic (exact) mass is 318 g/mol. The maximum Gasteiger partial charge on any atom is 0.484 e. The van der Waals surface area contributed by atoms with Crippen LogP contribution in [0.5, 0.6) is 0 Å². The highest BCUT2D eigenvalue weighted by Crippen LogP contribution is 2.12. The number of halogens is 2. The Morgan fingerprint density at radius 2 is 2.25 bits per heavy atom. The summed E-state index contributed by atoms with van der Waals surface area (Å²) in [6.07, 6.45) is 0. The van der Waals surface area contributed by atoms with Crippen molar-refractivity contribution in [3.63, 3.8) is 0 Å². The van der Waals surface area contributed by atoms with Crippen molar-refractivity contribution >= 4 is 78.5 Å². The predicted octanol–water partition coefficient (Wildman–Crippen LogP) is 1.50. The van der Waals surface area contributed by atoms with Gasteiger partial charge in [-0.15, -0.1) is 11.5 Å². The van der Waals surface area contributed by atoms with E-state index in [2.05, 4.69) is 22.4 Å². The summed E-state index contributed by atoms with van der Waals surface area (Å²) in [6, 6.07) is 0. The van der Waals surface area contributed by atoms with Crippen LogP contribution in [0.25, 0.3) is 0 Å². The van der Waals surface area contributed by atoms with Crippen LogP contribution in [-0.2, 0) is 33.5 Å². The van der Waals surface area contributed by atoms with Crippen molar-refractivity contribution < 1.29 is 4.10 Å². The molecule has 0 heterocycles. The molecular weight excluding hydrogens is 317 g/mol. The highest BCUT2D eigenvalue weighted by molar-refractivity contribution is 14.1. The van der Waals surface area contributed by atoms with Gasteiger partial charge >= 0.3 is 4.19 Å². The van der Waals surface area contributed by atoms with Gasteiger partial charge in [-0.25, -0.2) is 0 Å². The van der Waals surface area contributed by atoms with Gasteiger partial charge in [0.1, 0.15) is 0 Å². The lowest BCUT2D eigenvalue weighted by Gasteiger charge is -1.92. The van der Waals surface area contributed by atoms with E-state index in [0.717, 1.165) is 11.1 Å². The molecule has 0 amide bonds. The molecule has 48 valence electrons. The Bertz CT molecular complexity index is 113. The lowest BCUT2D eigenvalue weighted by molar-refractivity contribution is 0.726. The van der Waals surface area contributed by atoms with Crippen molar-refractivity contribution in [1.82, 2.24) is 0 Å². The summed E-state index contributed by atoms with van der Waals surface area (Å²) >= 11 is 17.7. The first kappa shape index (κ1) is 10.2. The standard InChI is InChI=1S/BClHIOS4/c2-1(3)4-7-8(5)6/h8H. The summed E-state index contributed by atoms with van der Waals surface area (Å²) in [6.45, 7) is 0. The minimum Gasteiger partial charge on any atom is -0.336 e. The van der Waals surface area contributed by atoms with E-state index in [1.54, 1.807) is 0 Å². The molecule has 0 rings (SSSR count). The zero-order valence-corrected chi connectivity index (χ0v) is 9.67. The van der Waals surface area contributed by atoms with Gasteiger partial charge in [-0.05, 0) is 29.4 Å². The van der Waals surface area contributed by atoms with Gasteiger partial charge in [-0.3, -0.25) is 0 Å². The second-order valence-corrected chi connectivity index (χ2v) is 9.52. The van der Waals surface area contributed by atoms with E-state index in [1.165, 1.54) is 0 Å². The molecule has 0 saturated heterocycles. The van der Waals surface area contributed by atoms with Crippen LogP contribution in [0.3, 0.4) is 0 Å². The van der Waals surface area contributed by atoms with E-state index in [-0.39, 0.29) is 4.19 Å². The third-order valence-electron chi connectivity index (χ3n) is 0.177. The van der Waals surface area contributed by atoms with Crippen molar-refractivity contribution in [2.75, 3.05) is 0 Å². The topological polar surface area (TPSA) is 9.23 Å². The molecule has 0 fully saturated rings. The molecule has 0 unspecified atom stereocenters. The lowest BCUT2D eigenvalue weighted by atomic mass is 10.6. The van der Waals surface area contributed by atoms with Gasteiger partial charge in [0.25, 0.3) is 0 Å². The molecule has 0 spiro atoms. The molecule has 0 aliphatic rings. The third kappa shape index (κ3) is 8.18. The van der Waals surface area contributed by atoms with Gasteiger partial charge in [0.15, 0.2) is 0 Å². The molecule has 0 radical (unpaired) electrons. The van der Waals surface area contributed by atoms with Gasteiger partial charge in [-0.2, -0.15) is 0 Å². The molecule has 0 N–H and O–H groups in total. The first-order valence-electron chi connectivity index (χ1n) is 1.39. The Balaban J connectivity index is 3.18. The Kier molecular flexibility index (Phi) is 7.55. The Morgan fingerprint density at radius 1 is 1.75 bits per heavy atom. The first-order chi connectivity index (χ1) is 3.63. The predicted molar refractivity (Wildman–Crippen MR) is 57.8 cm³/mol.